The molecule has 0 radical (unpaired) electrons. The van der Waals surface area contributed by atoms with E-state index >= 15 is 0 Å². The van der Waals surface area contributed by atoms with Crippen molar-refractivity contribution in [3.8, 4) is 0 Å². The van der Waals surface area contributed by atoms with Gasteiger partial charge in [-0.1, -0.05) is 29.8 Å². The lowest BCUT2D eigenvalue weighted by atomic mass is 10.4. The number of benzene rings is 1. The maximum absolute atomic E-state index is 12.1. The molecule has 7 heteroatoms. The summed E-state index contributed by atoms with van der Waals surface area (Å²) in [6.07, 6.45) is 0. The minimum Gasteiger partial charge on any atom is -0.380 e. The molecule has 0 amide bonds. The zero-order valence-corrected chi connectivity index (χ0v) is 8.89. The first-order chi connectivity index (χ1) is 7.59. The Bertz CT molecular complexity index is 451. The van der Waals surface area contributed by atoms with Crippen LogP contribution in [0.1, 0.15) is 0 Å². The highest BCUT2D eigenvalue weighted by Gasteiger charge is 1.99. The molecule has 0 atom stereocenters. The first kappa shape index (κ1) is 12.1. The fourth-order valence-corrected chi connectivity index (χ4v) is 0.898. The molecule has 0 fully saturated rings. The maximum Gasteiger partial charge on any atom is 0.275 e. The standard InChI is InChI=1S/C6H5Cl.C3H4FN5/c7-6-4-2-1-3-5-6;4-1-2(5)7-3(6)9-8-1/h1-5H;(H4,5,6,7,9). The second-order valence-corrected chi connectivity index (χ2v) is 3.08. The van der Waals surface area contributed by atoms with Crippen LogP contribution in [0.15, 0.2) is 30.3 Å². The van der Waals surface area contributed by atoms with Gasteiger partial charge in [0.2, 0.25) is 5.95 Å². The Kier molecular flexibility index (Phi) is 4.41. The predicted molar refractivity (Wildman–Crippen MR) is 60.1 cm³/mol. The lowest BCUT2D eigenvalue weighted by molar-refractivity contribution is 0.562. The summed E-state index contributed by atoms with van der Waals surface area (Å²) in [5.74, 6) is -1.36. The van der Waals surface area contributed by atoms with Crippen molar-refractivity contribution in [2.75, 3.05) is 11.5 Å². The van der Waals surface area contributed by atoms with Crippen LogP contribution in [-0.4, -0.2) is 15.2 Å². The predicted octanol–water partition coefficient (Wildman–Crippen LogP) is 1.52. The van der Waals surface area contributed by atoms with Gasteiger partial charge in [-0.25, -0.2) is 0 Å². The fraction of sp³-hybridized carbons (Fsp3) is 0. The summed E-state index contributed by atoms with van der Waals surface area (Å²) in [7, 11) is 0. The van der Waals surface area contributed by atoms with Crippen molar-refractivity contribution in [3.63, 3.8) is 0 Å². The van der Waals surface area contributed by atoms with Gasteiger partial charge in [-0.05, 0) is 12.1 Å². The fourth-order valence-electron chi connectivity index (χ4n) is 0.753. The van der Waals surface area contributed by atoms with Gasteiger partial charge in [-0.15, -0.1) is 10.2 Å². The molecule has 2 aromatic rings. The zero-order valence-electron chi connectivity index (χ0n) is 8.14. The second kappa shape index (κ2) is 5.82. The molecule has 0 aliphatic heterocycles. The molecule has 16 heavy (non-hydrogen) atoms. The highest BCUT2D eigenvalue weighted by atomic mass is 35.5. The van der Waals surface area contributed by atoms with E-state index in [1.807, 2.05) is 30.3 Å². The van der Waals surface area contributed by atoms with Gasteiger partial charge in [0, 0.05) is 5.02 Å². The monoisotopic (exact) mass is 241 g/mol. The van der Waals surface area contributed by atoms with Crippen molar-refractivity contribution in [1.29, 1.82) is 0 Å². The van der Waals surface area contributed by atoms with Crippen LogP contribution in [0.4, 0.5) is 16.2 Å². The van der Waals surface area contributed by atoms with Crippen LogP contribution in [0.3, 0.4) is 0 Å². The van der Waals surface area contributed by atoms with E-state index in [1.54, 1.807) is 0 Å². The van der Waals surface area contributed by atoms with Crippen molar-refractivity contribution in [3.05, 3.63) is 41.3 Å². The van der Waals surface area contributed by atoms with Crippen LogP contribution in [0.25, 0.3) is 0 Å². The molecule has 0 aliphatic rings. The molecule has 2 rings (SSSR count). The molecule has 1 aromatic carbocycles. The molecule has 0 spiro atoms. The average molecular weight is 242 g/mol. The van der Waals surface area contributed by atoms with Crippen molar-refractivity contribution in [2.45, 2.75) is 0 Å². The molecule has 84 valence electrons. The topological polar surface area (TPSA) is 90.7 Å². The largest absolute Gasteiger partial charge is 0.380 e. The molecule has 0 saturated carbocycles. The first-order valence-corrected chi connectivity index (χ1v) is 4.59. The Labute approximate surface area is 96.3 Å². The number of anilines is 2. The molecule has 0 saturated heterocycles. The van der Waals surface area contributed by atoms with E-state index in [0.717, 1.165) is 5.02 Å². The van der Waals surface area contributed by atoms with E-state index in [2.05, 4.69) is 15.2 Å². The van der Waals surface area contributed by atoms with Gasteiger partial charge in [0.05, 0.1) is 0 Å². The van der Waals surface area contributed by atoms with Gasteiger partial charge in [0.15, 0.2) is 5.82 Å². The summed E-state index contributed by atoms with van der Waals surface area (Å²) in [4.78, 5) is 3.28. The first-order valence-electron chi connectivity index (χ1n) is 4.21. The van der Waals surface area contributed by atoms with Crippen LogP contribution < -0.4 is 11.5 Å². The number of nitrogens with two attached hydrogens (primary N) is 2. The van der Waals surface area contributed by atoms with Gasteiger partial charge in [0.1, 0.15) is 0 Å². The molecule has 5 nitrogen and oxygen atoms in total. The second-order valence-electron chi connectivity index (χ2n) is 2.64. The lowest BCUT2D eigenvalue weighted by Gasteiger charge is -1.91. The number of hydrogen-bond acceptors (Lipinski definition) is 5. The molecule has 0 bridgehead atoms. The summed E-state index contributed by atoms with van der Waals surface area (Å²) in [5, 5.41) is 6.84. The van der Waals surface area contributed by atoms with Crippen LogP contribution in [0.2, 0.25) is 5.02 Å². The van der Waals surface area contributed by atoms with Crippen molar-refractivity contribution >= 4 is 23.4 Å². The minimum atomic E-state index is -0.899. The van der Waals surface area contributed by atoms with Crippen LogP contribution >= 0.6 is 11.6 Å². The Hall–Kier alpha value is -1.95. The van der Waals surface area contributed by atoms with E-state index in [-0.39, 0.29) is 11.8 Å². The van der Waals surface area contributed by atoms with E-state index < -0.39 is 5.95 Å². The Morgan fingerprint density at radius 2 is 1.69 bits per heavy atom. The third-order valence-electron chi connectivity index (χ3n) is 1.42. The smallest absolute Gasteiger partial charge is 0.275 e. The summed E-state index contributed by atoms with van der Waals surface area (Å²) in [5.41, 5.74) is 9.95. The minimum absolute atomic E-state index is 0.131. The Morgan fingerprint density at radius 1 is 1.06 bits per heavy atom. The maximum atomic E-state index is 12.1. The van der Waals surface area contributed by atoms with E-state index in [4.69, 9.17) is 23.1 Å². The van der Waals surface area contributed by atoms with Gasteiger partial charge in [-0.2, -0.15) is 9.37 Å². The van der Waals surface area contributed by atoms with Crippen LogP contribution in [0.5, 0.6) is 0 Å². The summed E-state index contributed by atoms with van der Waals surface area (Å²) >= 11 is 5.54. The third-order valence-corrected chi connectivity index (χ3v) is 1.67. The lowest BCUT2D eigenvalue weighted by Crippen LogP contribution is -2.04. The van der Waals surface area contributed by atoms with Gasteiger partial charge in [-0.3, -0.25) is 0 Å². The quantitative estimate of drug-likeness (QED) is 0.730. The van der Waals surface area contributed by atoms with Crippen LogP contribution in [-0.2, 0) is 0 Å². The Balaban J connectivity index is 0.000000165. The third kappa shape index (κ3) is 4.05. The summed E-state index contributed by atoms with van der Waals surface area (Å²) < 4.78 is 12.1. The molecule has 0 unspecified atom stereocenters. The van der Waals surface area contributed by atoms with E-state index in [9.17, 15) is 4.39 Å². The van der Waals surface area contributed by atoms with Gasteiger partial charge < -0.3 is 11.5 Å². The number of nitrogen functional groups attached to an aromatic ring is 2. The van der Waals surface area contributed by atoms with Crippen molar-refractivity contribution in [1.82, 2.24) is 15.2 Å². The highest BCUT2D eigenvalue weighted by molar-refractivity contribution is 6.30. The summed E-state index contributed by atoms with van der Waals surface area (Å²) in [6, 6.07) is 9.44. The van der Waals surface area contributed by atoms with E-state index in [0.29, 0.717) is 0 Å². The molecule has 1 aromatic heterocycles. The van der Waals surface area contributed by atoms with Gasteiger partial charge >= 0.3 is 0 Å². The van der Waals surface area contributed by atoms with Crippen LogP contribution in [0, 0.1) is 5.95 Å². The average Bonchev–Trinajstić information content (AvgIpc) is 2.26. The number of nitrogens with zero attached hydrogens (tertiary/aromatic N) is 3. The Morgan fingerprint density at radius 3 is 2.06 bits per heavy atom. The molecular formula is C9H9ClFN5. The summed E-state index contributed by atoms with van der Waals surface area (Å²) in [6.45, 7) is 0. The van der Waals surface area contributed by atoms with E-state index in [1.165, 1.54) is 0 Å². The molecular weight excluding hydrogens is 233 g/mol. The SMILES string of the molecule is Clc1ccccc1.Nc1nnc(F)c(N)n1. The number of aromatic nitrogens is 3. The zero-order chi connectivity index (χ0) is 12.0. The normalized spacial score (nSPS) is 9.12. The van der Waals surface area contributed by atoms with Crippen molar-refractivity contribution in [2.24, 2.45) is 0 Å². The number of rotatable bonds is 0. The number of halogens is 2. The highest BCUT2D eigenvalue weighted by Crippen LogP contribution is 2.03. The van der Waals surface area contributed by atoms with Crippen molar-refractivity contribution < 1.29 is 4.39 Å². The molecule has 0 aliphatic carbocycles. The molecule has 4 N–H and O–H groups in total. The van der Waals surface area contributed by atoms with Gasteiger partial charge in [0.25, 0.3) is 5.95 Å². The molecule has 1 heterocycles. The number of hydrogen-bond donors (Lipinski definition) is 2.